The standard InChI is InChI=1S/C34H41F2N3O4/c1-22(40)38-30(17-25-14-26(35)18-27(36)15-25)32(41)20-37-29-12-13-39(33(42)43-21-23-8-6-5-7-9-23)31-11-10-24(16-28(29)31)19-34(2,3)4/h5-11,14-16,18,29-30,32,37,41H,12-13,17,19-21H2,1-4H3,(H,38,40)/t29?,30-,32+/m0/s1. The first-order valence-electron chi connectivity index (χ1n) is 14.6. The summed E-state index contributed by atoms with van der Waals surface area (Å²) in [5, 5.41) is 17.2. The molecule has 7 nitrogen and oxygen atoms in total. The zero-order valence-electron chi connectivity index (χ0n) is 25.2. The van der Waals surface area contributed by atoms with Crippen LogP contribution in [0.2, 0.25) is 0 Å². The fourth-order valence-electron chi connectivity index (χ4n) is 5.52. The number of hydrogen-bond donors (Lipinski definition) is 3. The number of fused-ring (bicyclic) bond motifs is 1. The molecule has 0 aromatic heterocycles. The van der Waals surface area contributed by atoms with Gasteiger partial charge in [0.25, 0.3) is 0 Å². The Morgan fingerprint density at radius 1 is 1.00 bits per heavy atom. The van der Waals surface area contributed by atoms with Crippen molar-refractivity contribution >= 4 is 17.7 Å². The highest BCUT2D eigenvalue weighted by molar-refractivity contribution is 5.89. The van der Waals surface area contributed by atoms with E-state index in [4.69, 9.17) is 4.74 Å². The van der Waals surface area contributed by atoms with Crippen molar-refractivity contribution in [2.24, 2.45) is 5.41 Å². The van der Waals surface area contributed by atoms with E-state index in [0.717, 1.165) is 34.9 Å². The zero-order chi connectivity index (χ0) is 31.1. The molecule has 3 atom stereocenters. The Hall–Kier alpha value is -3.82. The number of anilines is 1. The van der Waals surface area contributed by atoms with Crippen molar-refractivity contribution in [2.75, 3.05) is 18.0 Å². The number of halogens is 2. The van der Waals surface area contributed by atoms with Crippen molar-refractivity contribution < 1.29 is 28.2 Å². The summed E-state index contributed by atoms with van der Waals surface area (Å²) in [7, 11) is 0. The molecule has 0 saturated carbocycles. The van der Waals surface area contributed by atoms with Crippen molar-refractivity contribution in [2.45, 2.75) is 71.8 Å². The van der Waals surface area contributed by atoms with E-state index in [1.54, 1.807) is 4.90 Å². The second kappa shape index (κ2) is 14.1. The van der Waals surface area contributed by atoms with Gasteiger partial charge in [0.1, 0.15) is 18.2 Å². The van der Waals surface area contributed by atoms with Crippen molar-refractivity contribution in [3.8, 4) is 0 Å². The highest BCUT2D eigenvalue weighted by Gasteiger charge is 2.31. The van der Waals surface area contributed by atoms with Gasteiger partial charge in [-0.25, -0.2) is 13.6 Å². The fourth-order valence-corrected chi connectivity index (χ4v) is 5.52. The molecule has 1 aliphatic rings. The third kappa shape index (κ3) is 9.33. The van der Waals surface area contributed by atoms with Crippen molar-refractivity contribution in [3.63, 3.8) is 0 Å². The van der Waals surface area contributed by atoms with Gasteiger partial charge in [-0.2, -0.15) is 0 Å². The molecule has 3 N–H and O–H groups in total. The Morgan fingerprint density at radius 3 is 2.35 bits per heavy atom. The number of nitrogens with zero attached hydrogens (tertiary/aromatic N) is 1. The molecule has 2 amide bonds. The van der Waals surface area contributed by atoms with E-state index < -0.39 is 29.9 Å². The van der Waals surface area contributed by atoms with Crippen LogP contribution < -0.4 is 15.5 Å². The maximum Gasteiger partial charge on any atom is 0.414 e. The Labute approximate surface area is 252 Å². The number of aliphatic hydroxyl groups is 1. The number of ether oxygens (including phenoxy) is 1. The number of carbonyl (C=O) groups excluding carboxylic acids is 2. The number of rotatable bonds is 10. The first kappa shape index (κ1) is 32.1. The summed E-state index contributed by atoms with van der Waals surface area (Å²) >= 11 is 0. The van der Waals surface area contributed by atoms with Crippen LogP contribution in [0.4, 0.5) is 19.3 Å². The number of hydrogen-bond acceptors (Lipinski definition) is 5. The van der Waals surface area contributed by atoms with Crippen LogP contribution in [-0.4, -0.2) is 42.3 Å². The predicted molar refractivity (Wildman–Crippen MR) is 163 cm³/mol. The van der Waals surface area contributed by atoms with Gasteiger partial charge in [0.2, 0.25) is 5.91 Å². The molecular formula is C34H41F2N3O4. The van der Waals surface area contributed by atoms with Gasteiger partial charge in [-0.15, -0.1) is 0 Å². The normalized spacial score (nSPS) is 16.3. The lowest BCUT2D eigenvalue weighted by Crippen LogP contribution is -2.49. The highest BCUT2D eigenvalue weighted by atomic mass is 19.1. The Morgan fingerprint density at radius 2 is 1.70 bits per heavy atom. The minimum absolute atomic E-state index is 0.0507. The summed E-state index contributed by atoms with van der Waals surface area (Å²) in [6.45, 7) is 8.51. The van der Waals surface area contributed by atoms with Gasteiger partial charge in [-0.05, 0) is 65.1 Å². The average Bonchev–Trinajstić information content (AvgIpc) is 2.93. The number of nitrogens with one attached hydrogen (secondary N) is 2. The maximum atomic E-state index is 13.8. The Kier molecular flexibility index (Phi) is 10.5. The van der Waals surface area contributed by atoms with Crippen LogP contribution in [-0.2, 0) is 29.0 Å². The minimum atomic E-state index is -1.05. The lowest BCUT2D eigenvalue weighted by molar-refractivity contribution is -0.120. The molecule has 0 aliphatic carbocycles. The summed E-state index contributed by atoms with van der Waals surface area (Å²) in [5.41, 5.74) is 4.06. The second-order valence-corrected chi connectivity index (χ2v) is 12.4. The molecule has 0 spiro atoms. The van der Waals surface area contributed by atoms with Gasteiger partial charge in [0, 0.05) is 32.1 Å². The third-order valence-electron chi connectivity index (χ3n) is 7.36. The van der Waals surface area contributed by atoms with Gasteiger partial charge in [0.15, 0.2) is 0 Å². The van der Waals surface area contributed by atoms with E-state index in [0.29, 0.717) is 18.5 Å². The molecule has 230 valence electrons. The topological polar surface area (TPSA) is 90.9 Å². The lowest BCUT2D eigenvalue weighted by atomic mass is 9.86. The van der Waals surface area contributed by atoms with E-state index in [1.807, 2.05) is 42.5 Å². The zero-order valence-corrected chi connectivity index (χ0v) is 25.2. The van der Waals surface area contributed by atoms with Crippen LogP contribution in [0.1, 0.15) is 62.4 Å². The Bertz CT molecular complexity index is 1390. The molecule has 0 radical (unpaired) electrons. The smallest absolute Gasteiger partial charge is 0.414 e. The van der Waals surface area contributed by atoms with Crippen LogP contribution in [0.25, 0.3) is 0 Å². The first-order valence-corrected chi connectivity index (χ1v) is 14.6. The molecule has 3 aromatic rings. The monoisotopic (exact) mass is 593 g/mol. The average molecular weight is 594 g/mol. The molecule has 1 heterocycles. The first-order chi connectivity index (χ1) is 20.4. The SMILES string of the molecule is CC(=O)N[C@@H](Cc1cc(F)cc(F)c1)[C@H](O)CNC1CCN(C(=O)OCc2ccccc2)c2ccc(CC(C)(C)C)cc21. The third-order valence-corrected chi connectivity index (χ3v) is 7.36. The van der Waals surface area contributed by atoms with Crippen LogP contribution >= 0.6 is 0 Å². The fraction of sp³-hybridized carbons (Fsp3) is 0.412. The summed E-state index contributed by atoms with van der Waals surface area (Å²) in [4.78, 5) is 26.7. The van der Waals surface area contributed by atoms with E-state index >= 15 is 0 Å². The number of benzene rings is 3. The van der Waals surface area contributed by atoms with Crippen LogP contribution in [0.15, 0.2) is 66.7 Å². The molecule has 43 heavy (non-hydrogen) atoms. The Balaban J connectivity index is 1.51. The molecule has 0 bridgehead atoms. The summed E-state index contributed by atoms with van der Waals surface area (Å²) < 4.78 is 33.2. The molecule has 0 saturated heterocycles. The van der Waals surface area contributed by atoms with E-state index in [2.05, 4.69) is 37.5 Å². The van der Waals surface area contributed by atoms with Gasteiger partial charge in [-0.3, -0.25) is 9.69 Å². The quantitative estimate of drug-likeness (QED) is 0.275. The van der Waals surface area contributed by atoms with Crippen LogP contribution in [0.3, 0.4) is 0 Å². The maximum absolute atomic E-state index is 13.8. The highest BCUT2D eigenvalue weighted by Crippen LogP contribution is 2.36. The molecule has 4 rings (SSSR count). The minimum Gasteiger partial charge on any atom is -0.444 e. The van der Waals surface area contributed by atoms with Crippen LogP contribution in [0.5, 0.6) is 0 Å². The van der Waals surface area contributed by atoms with Crippen LogP contribution in [0, 0.1) is 17.0 Å². The molecule has 1 unspecified atom stereocenters. The van der Waals surface area contributed by atoms with E-state index in [1.165, 1.54) is 19.1 Å². The second-order valence-electron chi connectivity index (χ2n) is 12.4. The number of amides is 2. The van der Waals surface area contributed by atoms with Crippen molar-refractivity contribution in [3.05, 3.63) is 101 Å². The summed E-state index contributed by atoms with van der Waals surface area (Å²) in [5.74, 6) is -1.80. The lowest BCUT2D eigenvalue weighted by Gasteiger charge is -2.36. The van der Waals surface area contributed by atoms with E-state index in [9.17, 15) is 23.5 Å². The number of carbonyl (C=O) groups is 2. The predicted octanol–water partition coefficient (Wildman–Crippen LogP) is 5.84. The largest absolute Gasteiger partial charge is 0.444 e. The van der Waals surface area contributed by atoms with E-state index in [-0.39, 0.29) is 36.9 Å². The van der Waals surface area contributed by atoms with Crippen molar-refractivity contribution in [1.29, 1.82) is 0 Å². The molecule has 3 aromatic carbocycles. The van der Waals surface area contributed by atoms with Gasteiger partial charge in [0.05, 0.1) is 17.8 Å². The summed E-state index contributed by atoms with van der Waals surface area (Å²) in [6.07, 6.45) is -0.0256. The molecule has 9 heteroatoms. The van der Waals surface area contributed by atoms with Gasteiger partial charge >= 0.3 is 6.09 Å². The van der Waals surface area contributed by atoms with Crippen molar-refractivity contribution in [1.82, 2.24) is 10.6 Å². The number of aliphatic hydroxyl groups excluding tert-OH is 1. The molecular weight excluding hydrogens is 552 g/mol. The summed E-state index contributed by atoms with van der Waals surface area (Å²) in [6, 6.07) is 17.8. The van der Waals surface area contributed by atoms with Gasteiger partial charge < -0.3 is 20.5 Å². The molecule has 0 fully saturated rings. The molecule has 1 aliphatic heterocycles. The van der Waals surface area contributed by atoms with Gasteiger partial charge in [-0.1, -0.05) is 63.2 Å².